The minimum Gasteiger partial charge on any atom is -0.432 e. The lowest BCUT2D eigenvalue weighted by atomic mass is 9.77. The van der Waals surface area contributed by atoms with Gasteiger partial charge >= 0.3 is 6.11 Å². The quantitative estimate of drug-likeness (QED) is 0.284. The van der Waals surface area contributed by atoms with Crippen LogP contribution in [0.1, 0.15) is 109 Å². The van der Waals surface area contributed by atoms with E-state index in [1.807, 2.05) is 12.1 Å². The molecule has 0 radical (unpaired) electrons. The highest BCUT2D eigenvalue weighted by Crippen LogP contribution is 2.39. The van der Waals surface area contributed by atoms with Crippen molar-refractivity contribution in [2.75, 3.05) is 0 Å². The van der Waals surface area contributed by atoms with Gasteiger partial charge < -0.3 is 4.74 Å². The van der Waals surface area contributed by atoms with E-state index in [-0.39, 0.29) is 11.5 Å². The fourth-order valence-electron chi connectivity index (χ4n) is 6.52. The SMILES string of the molecule is CCCC1CCC(CCC(F)(F)Oc2cc(F)c(-c3ccc(C4CCC(CC)CC4)cc3)c(F)c2)CC1. The molecule has 2 fully saturated rings. The summed E-state index contributed by atoms with van der Waals surface area (Å²) in [5.41, 5.74) is 1.39. The first kappa shape index (κ1) is 28.0. The molecule has 4 rings (SSSR count). The lowest BCUT2D eigenvalue weighted by molar-refractivity contribution is -0.183. The minimum atomic E-state index is -3.46. The van der Waals surface area contributed by atoms with Crippen molar-refractivity contribution < 1.29 is 22.3 Å². The van der Waals surface area contributed by atoms with E-state index in [1.54, 1.807) is 12.1 Å². The Morgan fingerprint density at radius 1 is 0.757 bits per heavy atom. The summed E-state index contributed by atoms with van der Waals surface area (Å²) in [5.74, 6) is 0.0168. The van der Waals surface area contributed by atoms with Crippen LogP contribution in [-0.2, 0) is 0 Å². The first-order valence-corrected chi connectivity index (χ1v) is 14.4. The highest BCUT2D eigenvalue weighted by Gasteiger charge is 2.34. The number of hydrogen-bond donors (Lipinski definition) is 0. The predicted octanol–water partition coefficient (Wildman–Crippen LogP) is 10.7. The number of halogens is 4. The second kappa shape index (κ2) is 12.7. The van der Waals surface area contributed by atoms with Gasteiger partial charge in [0.1, 0.15) is 17.4 Å². The number of hydrogen-bond acceptors (Lipinski definition) is 1. The van der Waals surface area contributed by atoms with Gasteiger partial charge in [-0.2, -0.15) is 8.78 Å². The van der Waals surface area contributed by atoms with E-state index < -0.39 is 29.9 Å². The summed E-state index contributed by atoms with van der Waals surface area (Å²) in [4.78, 5) is 0. The van der Waals surface area contributed by atoms with Crippen LogP contribution >= 0.6 is 0 Å². The Balaban J connectivity index is 1.35. The number of rotatable bonds is 10. The molecule has 0 bridgehead atoms. The molecule has 2 saturated carbocycles. The zero-order valence-electron chi connectivity index (χ0n) is 22.4. The molecular weight excluding hydrogens is 476 g/mol. The molecule has 0 saturated heterocycles. The van der Waals surface area contributed by atoms with Crippen molar-refractivity contribution >= 4 is 0 Å². The molecule has 2 aromatic carbocycles. The largest absolute Gasteiger partial charge is 0.432 e. The standard InChI is InChI=1S/C32H42F4O/c1-3-5-23-6-8-24(9-7-23)18-19-32(35,36)37-28-20-29(33)31(30(34)21-28)27-16-14-26(15-17-27)25-12-10-22(4-2)11-13-25/h14-17,20-25H,3-13,18-19H2,1-2H3. The van der Waals surface area contributed by atoms with E-state index in [4.69, 9.17) is 4.74 Å². The zero-order chi connectivity index (χ0) is 26.4. The van der Waals surface area contributed by atoms with Crippen molar-refractivity contribution in [3.8, 4) is 16.9 Å². The van der Waals surface area contributed by atoms with Gasteiger partial charge in [0.15, 0.2) is 0 Å². The Bertz CT molecular complexity index is 963. The molecule has 0 spiro atoms. The van der Waals surface area contributed by atoms with E-state index in [0.29, 0.717) is 17.9 Å². The number of ether oxygens (including phenoxy) is 1. The second-order valence-corrected chi connectivity index (χ2v) is 11.5. The Morgan fingerprint density at radius 2 is 1.30 bits per heavy atom. The molecule has 0 aliphatic heterocycles. The molecule has 1 nitrogen and oxygen atoms in total. The summed E-state index contributed by atoms with van der Waals surface area (Å²) in [6.07, 6.45) is 8.92. The summed E-state index contributed by atoms with van der Waals surface area (Å²) in [7, 11) is 0. The fraction of sp³-hybridized carbons (Fsp3) is 0.625. The molecule has 0 unspecified atom stereocenters. The van der Waals surface area contributed by atoms with Gasteiger partial charge in [0.05, 0.1) is 12.0 Å². The molecule has 0 atom stereocenters. The maximum atomic E-state index is 14.9. The summed E-state index contributed by atoms with van der Waals surface area (Å²) >= 11 is 0. The topological polar surface area (TPSA) is 9.23 Å². The molecule has 37 heavy (non-hydrogen) atoms. The second-order valence-electron chi connectivity index (χ2n) is 11.5. The average Bonchev–Trinajstić information content (AvgIpc) is 2.88. The molecule has 2 aliphatic rings. The molecule has 0 aromatic heterocycles. The van der Waals surface area contributed by atoms with Crippen LogP contribution in [0.5, 0.6) is 5.75 Å². The lowest BCUT2D eigenvalue weighted by Crippen LogP contribution is -2.26. The third-order valence-corrected chi connectivity index (χ3v) is 8.88. The molecule has 2 aliphatic carbocycles. The van der Waals surface area contributed by atoms with E-state index in [2.05, 4.69) is 13.8 Å². The van der Waals surface area contributed by atoms with Gasteiger partial charge in [-0.3, -0.25) is 0 Å². The summed E-state index contributed by atoms with van der Waals surface area (Å²) < 4.78 is 63.7. The van der Waals surface area contributed by atoms with Crippen molar-refractivity contribution in [1.29, 1.82) is 0 Å². The van der Waals surface area contributed by atoms with E-state index in [1.165, 1.54) is 37.7 Å². The predicted molar refractivity (Wildman–Crippen MR) is 142 cm³/mol. The van der Waals surface area contributed by atoms with Crippen LogP contribution in [0.15, 0.2) is 36.4 Å². The van der Waals surface area contributed by atoms with Crippen molar-refractivity contribution in [3.63, 3.8) is 0 Å². The molecule has 0 amide bonds. The third-order valence-electron chi connectivity index (χ3n) is 8.88. The monoisotopic (exact) mass is 518 g/mol. The Hall–Kier alpha value is -2.04. The first-order chi connectivity index (χ1) is 17.8. The molecule has 2 aromatic rings. The Morgan fingerprint density at radius 3 is 1.84 bits per heavy atom. The zero-order valence-corrected chi connectivity index (χ0v) is 22.4. The highest BCUT2D eigenvalue weighted by molar-refractivity contribution is 5.66. The van der Waals surface area contributed by atoms with Crippen LogP contribution in [0.2, 0.25) is 0 Å². The van der Waals surface area contributed by atoms with E-state index in [0.717, 1.165) is 62.5 Å². The smallest absolute Gasteiger partial charge is 0.397 e. The normalized spacial score (nSPS) is 24.7. The summed E-state index contributed by atoms with van der Waals surface area (Å²) in [6, 6.07) is 9.10. The Labute approximate surface area is 220 Å². The van der Waals surface area contributed by atoms with Crippen LogP contribution in [0, 0.1) is 29.4 Å². The average molecular weight is 519 g/mol. The van der Waals surface area contributed by atoms with Gasteiger partial charge in [-0.1, -0.05) is 83.1 Å². The van der Waals surface area contributed by atoms with Gasteiger partial charge in [-0.25, -0.2) is 8.78 Å². The first-order valence-electron chi connectivity index (χ1n) is 14.4. The van der Waals surface area contributed by atoms with Crippen LogP contribution in [0.3, 0.4) is 0 Å². The molecule has 204 valence electrons. The fourth-order valence-corrected chi connectivity index (χ4v) is 6.52. The van der Waals surface area contributed by atoms with Gasteiger partial charge in [-0.05, 0) is 66.9 Å². The van der Waals surface area contributed by atoms with Crippen molar-refractivity contribution in [2.24, 2.45) is 17.8 Å². The third kappa shape index (κ3) is 7.51. The lowest BCUT2D eigenvalue weighted by Gasteiger charge is -2.29. The van der Waals surface area contributed by atoms with Gasteiger partial charge in [-0.15, -0.1) is 0 Å². The maximum absolute atomic E-state index is 14.9. The summed E-state index contributed by atoms with van der Waals surface area (Å²) in [5, 5.41) is 0. The maximum Gasteiger partial charge on any atom is 0.397 e. The van der Waals surface area contributed by atoms with Crippen LogP contribution in [-0.4, -0.2) is 6.11 Å². The van der Waals surface area contributed by atoms with Gasteiger partial charge in [0.25, 0.3) is 0 Å². The summed E-state index contributed by atoms with van der Waals surface area (Å²) in [6.45, 7) is 4.41. The molecule has 5 heteroatoms. The van der Waals surface area contributed by atoms with Crippen LogP contribution < -0.4 is 4.74 Å². The van der Waals surface area contributed by atoms with E-state index >= 15 is 0 Å². The number of alkyl halides is 2. The molecular formula is C32H42F4O. The number of benzene rings is 2. The van der Waals surface area contributed by atoms with Crippen LogP contribution in [0.25, 0.3) is 11.1 Å². The minimum absolute atomic E-state index is 0.208. The van der Waals surface area contributed by atoms with Gasteiger partial charge in [0.2, 0.25) is 0 Å². The Kier molecular flexibility index (Phi) is 9.58. The van der Waals surface area contributed by atoms with Crippen molar-refractivity contribution in [3.05, 3.63) is 53.6 Å². The highest BCUT2D eigenvalue weighted by atomic mass is 19.3. The molecule has 0 heterocycles. The van der Waals surface area contributed by atoms with Crippen molar-refractivity contribution in [1.82, 2.24) is 0 Å². The van der Waals surface area contributed by atoms with Crippen molar-refractivity contribution in [2.45, 2.75) is 109 Å². The van der Waals surface area contributed by atoms with E-state index in [9.17, 15) is 17.6 Å². The van der Waals surface area contributed by atoms with Gasteiger partial charge in [0, 0.05) is 12.1 Å². The molecule has 0 N–H and O–H groups in total. The van der Waals surface area contributed by atoms with Crippen LogP contribution in [0.4, 0.5) is 17.6 Å².